The Morgan fingerprint density at radius 3 is 2.48 bits per heavy atom. The lowest BCUT2D eigenvalue weighted by atomic mass is 10.0. The lowest BCUT2D eigenvalue weighted by Crippen LogP contribution is -2.09. The fraction of sp³-hybridized carbons (Fsp3) is 0.400. The SMILES string of the molecule is N#Cc1c(C2CCCC2)nn(-c2ccc(C(F)(F)F)cn2)c1N. The van der Waals surface area contributed by atoms with Crippen LogP contribution in [0.1, 0.15) is 48.4 Å². The van der Waals surface area contributed by atoms with Gasteiger partial charge in [-0.3, -0.25) is 0 Å². The molecular weight excluding hydrogens is 307 g/mol. The highest BCUT2D eigenvalue weighted by Crippen LogP contribution is 2.37. The van der Waals surface area contributed by atoms with Crippen molar-refractivity contribution in [1.82, 2.24) is 14.8 Å². The zero-order chi connectivity index (χ0) is 16.6. The second-order valence-electron chi connectivity index (χ2n) is 5.55. The van der Waals surface area contributed by atoms with Gasteiger partial charge in [0.2, 0.25) is 0 Å². The summed E-state index contributed by atoms with van der Waals surface area (Å²) >= 11 is 0. The Balaban J connectivity index is 2.01. The number of nitrogen functional groups attached to an aromatic ring is 1. The Bertz CT molecular complexity index is 749. The van der Waals surface area contributed by atoms with Gasteiger partial charge in [0.25, 0.3) is 0 Å². The molecule has 2 N–H and O–H groups in total. The van der Waals surface area contributed by atoms with E-state index >= 15 is 0 Å². The average Bonchev–Trinajstić information content (AvgIpc) is 3.14. The first-order chi connectivity index (χ1) is 10.9. The summed E-state index contributed by atoms with van der Waals surface area (Å²) in [6.07, 6.45) is 0.296. The fourth-order valence-electron chi connectivity index (χ4n) is 2.90. The third-order valence-corrected chi connectivity index (χ3v) is 4.09. The van der Waals surface area contributed by atoms with E-state index in [2.05, 4.69) is 16.2 Å². The van der Waals surface area contributed by atoms with Gasteiger partial charge in [0.15, 0.2) is 5.82 Å². The molecule has 0 unspecified atom stereocenters. The highest BCUT2D eigenvalue weighted by Gasteiger charge is 2.31. The predicted molar refractivity (Wildman–Crippen MR) is 76.7 cm³/mol. The predicted octanol–water partition coefficient (Wildman–Crippen LogP) is 3.40. The number of hydrogen-bond acceptors (Lipinski definition) is 4. The number of rotatable bonds is 2. The summed E-state index contributed by atoms with van der Waals surface area (Å²) in [4.78, 5) is 3.78. The van der Waals surface area contributed by atoms with E-state index < -0.39 is 11.7 Å². The number of nitrogens with zero attached hydrogens (tertiary/aromatic N) is 4. The summed E-state index contributed by atoms with van der Waals surface area (Å²) in [5.74, 6) is 0.445. The lowest BCUT2D eigenvalue weighted by molar-refractivity contribution is -0.137. The molecule has 1 aliphatic carbocycles. The van der Waals surface area contributed by atoms with Crippen molar-refractivity contribution in [2.24, 2.45) is 0 Å². The fourth-order valence-corrected chi connectivity index (χ4v) is 2.90. The van der Waals surface area contributed by atoms with Gasteiger partial charge in [0, 0.05) is 12.1 Å². The van der Waals surface area contributed by atoms with Crippen LogP contribution < -0.4 is 5.73 Å². The van der Waals surface area contributed by atoms with E-state index in [0.717, 1.165) is 37.9 Å². The van der Waals surface area contributed by atoms with Gasteiger partial charge in [-0.25, -0.2) is 4.98 Å². The standard InChI is InChI=1S/C15H14F3N5/c16-15(17,18)10-5-6-12(21-8-10)23-14(20)11(7-19)13(22-23)9-3-1-2-4-9/h5-6,8-9H,1-4,20H2. The number of alkyl halides is 3. The van der Waals surface area contributed by atoms with Crippen molar-refractivity contribution in [3.8, 4) is 11.9 Å². The van der Waals surface area contributed by atoms with Gasteiger partial charge in [0.05, 0.1) is 11.3 Å². The van der Waals surface area contributed by atoms with Gasteiger partial charge >= 0.3 is 6.18 Å². The summed E-state index contributed by atoms with van der Waals surface area (Å²) < 4.78 is 39.0. The summed E-state index contributed by atoms with van der Waals surface area (Å²) in [7, 11) is 0. The van der Waals surface area contributed by atoms with Crippen molar-refractivity contribution in [2.45, 2.75) is 37.8 Å². The maximum absolute atomic E-state index is 12.6. The van der Waals surface area contributed by atoms with Crippen LogP contribution in [0, 0.1) is 11.3 Å². The molecule has 0 atom stereocenters. The number of halogens is 3. The molecule has 0 radical (unpaired) electrons. The van der Waals surface area contributed by atoms with E-state index in [4.69, 9.17) is 5.73 Å². The molecule has 1 fully saturated rings. The maximum atomic E-state index is 12.6. The molecule has 0 amide bonds. The summed E-state index contributed by atoms with van der Waals surface area (Å²) in [6, 6.07) is 4.17. The van der Waals surface area contributed by atoms with Crippen LogP contribution in [0.15, 0.2) is 18.3 Å². The molecule has 2 heterocycles. The van der Waals surface area contributed by atoms with Gasteiger partial charge in [0.1, 0.15) is 17.5 Å². The van der Waals surface area contributed by atoms with Gasteiger partial charge in [-0.15, -0.1) is 0 Å². The van der Waals surface area contributed by atoms with E-state index in [1.807, 2.05) is 0 Å². The van der Waals surface area contributed by atoms with Gasteiger partial charge in [-0.2, -0.15) is 28.2 Å². The molecule has 0 aromatic carbocycles. The zero-order valence-corrected chi connectivity index (χ0v) is 12.1. The van der Waals surface area contributed by atoms with E-state index in [1.165, 1.54) is 10.7 Å². The minimum Gasteiger partial charge on any atom is -0.382 e. The Morgan fingerprint density at radius 1 is 1.26 bits per heavy atom. The number of pyridine rings is 1. The first-order valence-corrected chi connectivity index (χ1v) is 7.24. The largest absolute Gasteiger partial charge is 0.417 e. The van der Waals surface area contributed by atoms with Crippen LogP contribution in [0.5, 0.6) is 0 Å². The summed E-state index contributed by atoms with van der Waals surface area (Å²) in [5.41, 5.74) is 6.02. The molecule has 1 saturated carbocycles. The second-order valence-corrected chi connectivity index (χ2v) is 5.55. The molecule has 8 heteroatoms. The van der Waals surface area contributed by atoms with E-state index in [9.17, 15) is 18.4 Å². The molecule has 1 aliphatic rings. The molecule has 0 spiro atoms. The van der Waals surface area contributed by atoms with Crippen molar-refractivity contribution >= 4 is 5.82 Å². The molecule has 23 heavy (non-hydrogen) atoms. The van der Waals surface area contributed by atoms with Crippen molar-refractivity contribution in [1.29, 1.82) is 5.26 Å². The van der Waals surface area contributed by atoms with Crippen LogP contribution in [-0.2, 0) is 6.18 Å². The van der Waals surface area contributed by atoms with Crippen molar-refractivity contribution in [3.63, 3.8) is 0 Å². The molecule has 5 nitrogen and oxygen atoms in total. The smallest absolute Gasteiger partial charge is 0.382 e. The number of nitrogens with two attached hydrogens (primary N) is 1. The highest BCUT2D eigenvalue weighted by molar-refractivity contribution is 5.56. The monoisotopic (exact) mass is 321 g/mol. The number of aromatic nitrogens is 3. The van der Waals surface area contributed by atoms with E-state index in [-0.39, 0.29) is 17.6 Å². The highest BCUT2D eigenvalue weighted by atomic mass is 19.4. The minimum atomic E-state index is -4.45. The normalized spacial score (nSPS) is 15.7. The molecule has 0 bridgehead atoms. The maximum Gasteiger partial charge on any atom is 0.417 e. The number of nitriles is 1. The molecule has 3 rings (SSSR count). The number of anilines is 1. The Morgan fingerprint density at radius 2 is 1.96 bits per heavy atom. The van der Waals surface area contributed by atoms with Crippen molar-refractivity contribution in [2.75, 3.05) is 5.73 Å². The van der Waals surface area contributed by atoms with Crippen LogP contribution in [0.4, 0.5) is 19.0 Å². The van der Waals surface area contributed by atoms with Crippen LogP contribution in [0.25, 0.3) is 5.82 Å². The lowest BCUT2D eigenvalue weighted by Gasteiger charge is -2.07. The first kappa shape index (κ1) is 15.3. The molecule has 0 saturated heterocycles. The average molecular weight is 321 g/mol. The second kappa shape index (κ2) is 5.57. The van der Waals surface area contributed by atoms with Crippen LogP contribution in [-0.4, -0.2) is 14.8 Å². The first-order valence-electron chi connectivity index (χ1n) is 7.24. The topological polar surface area (TPSA) is 80.5 Å². The Kier molecular flexibility index (Phi) is 3.72. The van der Waals surface area contributed by atoms with Crippen molar-refractivity contribution < 1.29 is 13.2 Å². The number of hydrogen-bond donors (Lipinski definition) is 1. The van der Waals surface area contributed by atoms with Crippen LogP contribution >= 0.6 is 0 Å². The Labute approximate surface area is 130 Å². The van der Waals surface area contributed by atoms with Gasteiger partial charge in [-0.05, 0) is 25.0 Å². The molecule has 120 valence electrons. The van der Waals surface area contributed by atoms with Crippen LogP contribution in [0.3, 0.4) is 0 Å². The van der Waals surface area contributed by atoms with Gasteiger partial charge in [-0.1, -0.05) is 12.8 Å². The van der Waals surface area contributed by atoms with Crippen molar-refractivity contribution in [3.05, 3.63) is 35.2 Å². The minimum absolute atomic E-state index is 0.113. The molecule has 0 aliphatic heterocycles. The third kappa shape index (κ3) is 2.74. The molecule has 2 aromatic rings. The van der Waals surface area contributed by atoms with Crippen LogP contribution in [0.2, 0.25) is 0 Å². The van der Waals surface area contributed by atoms with E-state index in [1.54, 1.807) is 0 Å². The zero-order valence-electron chi connectivity index (χ0n) is 12.1. The van der Waals surface area contributed by atoms with E-state index in [0.29, 0.717) is 11.3 Å². The molecular formula is C15H14F3N5. The van der Waals surface area contributed by atoms with Gasteiger partial charge < -0.3 is 5.73 Å². The Hall–Kier alpha value is -2.56. The third-order valence-electron chi connectivity index (χ3n) is 4.09. The molecule has 2 aromatic heterocycles. The summed E-state index contributed by atoms with van der Waals surface area (Å²) in [5, 5.41) is 13.7. The quantitative estimate of drug-likeness (QED) is 0.919. The summed E-state index contributed by atoms with van der Waals surface area (Å²) in [6.45, 7) is 0.